The molecule has 138 valence electrons. The summed E-state index contributed by atoms with van der Waals surface area (Å²) in [4.78, 5) is 35.9. The first-order valence-electron chi connectivity index (χ1n) is 8.20. The number of carbonyl (C=O) groups excluding carboxylic acids is 3. The largest absolute Gasteiger partial charge is 0.493 e. The number of methoxy groups -OCH3 is 1. The number of hydrogen-bond acceptors (Lipinski definition) is 6. The van der Waals surface area contributed by atoms with Gasteiger partial charge in [-0.1, -0.05) is 32.4 Å². The van der Waals surface area contributed by atoms with Crippen molar-refractivity contribution in [3.8, 4) is 5.75 Å². The summed E-state index contributed by atoms with van der Waals surface area (Å²) in [5.41, 5.74) is 0.239. The SMILES string of the molecule is CCOc1ccccc1C(=O)OCC(=O)NC(C(=O)OC)C(C)CC. The molecule has 0 fully saturated rings. The van der Waals surface area contributed by atoms with Gasteiger partial charge in [0.25, 0.3) is 5.91 Å². The van der Waals surface area contributed by atoms with E-state index in [1.54, 1.807) is 31.2 Å². The van der Waals surface area contributed by atoms with Crippen LogP contribution in [0.15, 0.2) is 24.3 Å². The molecular weight excluding hydrogens is 326 g/mol. The molecule has 0 aliphatic rings. The molecule has 2 unspecified atom stereocenters. The Morgan fingerprint density at radius 1 is 1.16 bits per heavy atom. The summed E-state index contributed by atoms with van der Waals surface area (Å²) in [5, 5.41) is 2.54. The average molecular weight is 351 g/mol. The highest BCUT2D eigenvalue weighted by atomic mass is 16.5. The van der Waals surface area contributed by atoms with Crippen LogP contribution in [0, 0.1) is 5.92 Å². The fourth-order valence-corrected chi connectivity index (χ4v) is 2.14. The van der Waals surface area contributed by atoms with E-state index in [1.165, 1.54) is 7.11 Å². The second kappa shape index (κ2) is 10.3. The summed E-state index contributed by atoms with van der Waals surface area (Å²) >= 11 is 0. The molecule has 1 amide bonds. The predicted octanol–water partition coefficient (Wildman–Crippen LogP) is 1.95. The first-order valence-corrected chi connectivity index (χ1v) is 8.20. The zero-order valence-electron chi connectivity index (χ0n) is 15.0. The quantitative estimate of drug-likeness (QED) is 0.684. The van der Waals surface area contributed by atoms with Gasteiger partial charge in [-0.3, -0.25) is 4.79 Å². The number of ether oxygens (including phenoxy) is 3. The molecule has 0 heterocycles. The van der Waals surface area contributed by atoms with Crippen LogP contribution in [0.3, 0.4) is 0 Å². The predicted molar refractivity (Wildman–Crippen MR) is 91.3 cm³/mol. The second-order valence-electron chi connectivity index (χ2n) is 5.46. The first-order chi connectivity index (χ1) is 11.9. The number of amides is 1. The van der Waals surface area contributed by atoms with Crippen LogP contribution in [0.4, 0.5) is 0 Å². The van der Waals surface area contributed by atoms with Crippen molar-refractivity contribution < 1.29 is 28.6 Å². The molecule has 0 aromatic heterocycles. The van der Waals surface area contributed by atoms with E-state index in [0.717, 1.165) is 0 Å². The highest BCUT2D eigenvalue weighted by Crippen LogP contribution is 2.18. The molecule has 2 atom stereocenters. The van der Waals surface area contributed by atoms with Crippen molar-refractivity contribution in [1.82, 2.24) is 5.32 Å². The van der Waals surface area contributed by atoms with Gasteiger partial charge >= 0.3 is 11.9 Å². The third-order valence-corrected chi connectivity index (χ3v) is 3.73. The maximum Gasteiger partial charge on any atom is 0.342 e. The standard InChI is InChI=1S/C18H25NO6/c1-5-12(3)16(18(22)23-4)19-15(20)11-25-17(21)13-9-7-8-10-14(13)24-6-2/h7-10,12,16H,5-6,11H2,1-4H3,(H,19,20). The van der Waals surface area contributed by atoms with Crippen LogP contribution >= 0.6 is 0 Å². The summed E-state index contributed by atoms with van der Waals surface area (Å²) in [5.74, 6) is -1.49. The highest BCUT2D eigenvalue weighted by molar-refractivity contribution is 5.94. The summed E-state index contributed by atoms with van der Waals surface area (Å²) < 4.78 is 15.1. The normalized spacial score (nSPS) is 12.6. The van der Waals surface area contributed by atoms with Crippen molar-refractivity contribution in [2.45, 2.75) is 33.2 Å². The van der Waals surface area contributed by atoms with E-state index in [1.807, 2.05) is 13.8 Å². The Balaban J connectivity index is 2.66. The third-order valence-electron chi connectivity index (χ3n) is 3.73. The Bertz CT molecular complexity index is 601. The lowest BCUT2D eigenvalue weighted by Crippen LogP contribution is -2.47. The van der Waals surface area contributed by atoms with E-state index in [2.05, 4.69) is 5.32 Å². The summed E-state index contributed by atoms with van der Waals surface area (Å²) in [6, 6.07) is 5.84. The van der Waals surface area contributed by atoms with Gasteiger partial charge in [-0.05, 0) is 25.0 Å². The number of para-hydroxylation sites is 1. The first kappa shape index (κ1) is 20.5. The number of hydrogen-bond donors (Lipinski definition) is 1. The molecule has 0 saturated carbocycles. The van der Waals surface area contributed by atoms with Crippen molar-refractivity contribution in [3.63, 3.8) is 0 Å². The van der Waals surface area contributed by atoms with E-state index in [4.69, 9.17) is 14.2 Å². The Kier molecular flexibility index (Phi) is 8.46. The molecule has 1 N–H and O–H groups in total. The minimum atomic E-state index is -0.781. The van der Waals surface area contributed by atoms with E-state index in [-0.39, 0.29) is 11.5 Å². The monoisotopic (exact) mass is 351 g/mol. The zero-order chi connectivity index (χ0) is 18.8. The lowest BCUT2D eigenvalue weighted by atomic mass is 9.99. The van der Waals surface area contributed by atoms with Gasteiger partial charge < -0.3 is 19.5 Å². The topological polar surface area (TPSA) is 90.9 Å². The van der Waals surface area contributed by atoms with Gasteiger partial charge in [0.2, 0.25) is 0 Å². The van der Waals surface area contributed by atoms with Crippen molar-refractivity contribution in [2.75, 3.05) is 20.3 Å². The van der Waals surface area contributed by atoms with Gasteiger partial charge in [0, 0.05) is 0 Å². The van der Waals surface area contributed by atoms with Crippen LogP contribution in [-0.4, -0.2) is 44.2 Å². The molecule has 1 aromatic carbocycles. The molecule has 1 rings (SSSR count). The number of carbonyl (C=O) groups is 3. The van der Waals surface area contributed by atoms with Crippen molar-refractivity contribution >= 4 is 17.8 Å². The molecule has 7 heteroatoms. The fourth-order valence-electron chi connectivity index (χ4n) is 2.14. The van der Waals surface area contributed by atoms with Gasteiger partial charge in [0.05, 0.1) is 13.7 Å². The van der Waals surface area contributed by atoms with Crippen molar-refractivity contribution in [2.24, 2.45) is 5.92 Å². The van der Waals surface area contributed by atoms with Crippen LogP contribution in [0.5, 0.6) is 5.75 Å². The molecule has 0 bridgehead atoms. The molecule has 0 aliphatic heterocycles. The van der Waals surface area contributed by atoms with Crippen LogP contribution in [0.2, 0.25) is 0 Å². The molecule has 0 aliphatic carbocycles. The van der Waals surface area contributed by atoms with Crippen LogP contribution in [0.1, 0.15) is 37.6 Å². The molecule has 0 radical (unpaired) electrons. The Morgan fingerprint density at radius 3 is 2.44 bits per heavy atom. The number of esters is 2. The summed E-state index contributed by atoms with van der Waals surface area (Å²) in [7, 11) is 1.26. The van der Waals surface area contributed by atoms with Crippen LogP contribution in [-0.2, 0) is 19.1 Å². The molecule has 25 heavy (non-hydrogen) atoms. The molecule has 0 spiro atoms. The van der Waals surface area contributed by atoms with Gasteiger partial charge in [0.15, 0.2) is 6.61 Å². The maximum absolute atomic E-state index is 12.1. The lowest BCUT2D eigenvalue weighted by molar-refractivity contribution is -0.147. The Hall–Kier alpha value is -2.57. The lowest BCUT2D eigenvalue weighted by Gasteiger charge is -2.21. The van der Waals surface area contributed by atoms with Gasteiger partial charge in [-0.25, -0.2) is 9.59 Å². The third kappa shape index (κ3) is 6.10. The van der Waals surface area contributed by atoms with E-state index in [9.17, 15) is 14.4 Å². The zero-order valence-corrected chi connectivity index (χ0v) is 15.0. The Labute approximate surface area is 147 Å². The molecule has 7 nitrogen and oxygen atoms in total. The number of rotatable bonds is 9. The minimum Gasteiger partial charge on any atom is -0.493 e. The van der Waals surface area contributed by atoms with Crippen molar-refractivity contribution in [1.29, 1.82) is 0 Å². The second-order valence-corrected chi connectivity index (χ2v) is 5.46. The minimum absolute atomic E-state index is 0.106. The van der Waals surface area contributed by atoms with E-state index >= 15 is 0 Å². The highest BCUT2D eigenvalue weighted by Gasteiger charge is 2.27. The molecular formula is C18H25NO6. The van der Waals surface area contributed by atoms with Crippen LogP contribution < -0.4 is 10.1 Å². The summed E-state index contributed by atoms with van der Waals surface area (Å²) in [6.07, 6.45) is 0.682. The number of benzene rings is 1. The molecule has 1 aromatic rings. The average Bonchev–Trinajstić information content (AvgIpc) is 2.63. The van der Waals surface area contributed by atoms with Crippen LogP contribution in [0.25, 0.3) is 0 Å². The Morgan fingerprint density at radius 2 is 1.84 bits per heavy atom. The van der Waals surface area contributed by atoms with Gasteiger partial charge in [-0.2, -0.15) is 0 Å². The van der Waals surface area contributed by atoms with E-state index < -0.39 is 30.5 Å². The number of nitrogens with one attached hydrogen (secondary N) is 1. The van der Waals surface area contributed by atoms with Crippen molar-refractivity contribution in [3.05, 3.63) is 29.8 Å². The van der Waals surface area contributed by atoms with Gasteiger partial charge in [0.1, 0.15) is 17.4 Å². The van der Waals surface area contributed by atoms with Gasteiger partial charge in [-0.15, -0.1) is 0 Å². The molecule has 0 saturated heterocycles. The maximum atomic E-state index is 12.1. The fraction of sp³-hybridized carbons (Fsp3) is 0.500. The smallest absolute Gasteiger partial charge is 0.342 e. The summed E-state index contributed by atoms with van der Waals surface area (Å²) in [6.45, 7) is 5.44. The van der Waals surface area contributed by atoms with E-state index in [0.29, 0.717) is 18.8 Å².